The van der Waals surface area contributed by atoms with Crippen LogP contribution in [0.1, 0.15) is 52.7 Å². The van der Waals surface area contributed by atoms with Crippen LogP contribution in [-0.4, -0.2) is 23.3 Å². The minimum atomic E-state index is 0. The van der Waals surface area contributed by atoms with Crippen molar-refractivity contribution in [2.75, 3.05) is 23.3 Å². The fourth-order valence-corrected chi connectivity index (χ4v) is 3.92. The summed E-state index contributed by atoms with van der Waals surface area (Å²) in [5.74, 6) is 0.450. The normalized spacial score (nSPS) is 15.6. The first-order valence-electron chi connectivity index (χ1n) is 12.1. The molecule has 4 rings (SSSR count). The third kappa shape index (κ3) is 6.59. The van der Waals surface area contributed by atoms with E-state index in [1.54, 1.807) is 22.2 Å². The van der Waals surface area contributed by atoms with E-state index in [2.05, 4.69) is 88.9 Å². The second-order valence-corrected chi connectivity index (χ2v) is 11.1. The fourth-order valence-electron chi connectivity index (χ4n) is 3.92. The van der Waals surface area contributed by atoms with Crippen LogP contribution in [0.4, 0.5) is 11.4 Å². The van der Waals surface area contributed by atoms with E-state index in [-0.39, 0.29) is 45.4 Å². The smallest absolute Gasteiger partial charge is 0.499 e. The van der Waals surface area contributed by atoms with Crippen molar-refractivity contribution in [1.29, 1.82) is 5.26 Å². The van der Waals surface area contributed by atoms with Gasteiger partial charge < -0.3 is 29.2 Å². The van der Waals surface area contributed by atoms with Crippen molar-refractivity contribution in [3.8, 4) is 6.07 Å². The Hall–Kier alpha value is -3.25. The Balaban J connectivity index is 0.00000400. The molecule has 0 fully saturated rings. The first-order chi connectivity index (χ1) is 17.5. The molecule has 0 unspecified atom stereocenters. The maximum atomic E-state index is 9.67. The average Bonchev–Trinajstić information content (AvgIpc) is 3.47. The third-order valence-electron chi connectivity index (χ3n) is 6.20. The van der Waals surface area contributed by atoms with Crippen molar-refractivity contribution in [2.24, 2.45) is 0 Å². The van der Waals surface area contributed by atoms with Gasteiger partial charge in [-0.15, -0.1) is 30.2 Å². The molecule has 0 aliphatic carbocycles. The average molecular weight is 688 g/mol. The van der Waals surface area contributed by atoms with E-state index in [1.807, 2.05) is 35.3 Å². The number of anilines is 2. The number of ether oxygens (including phenoxy) is 1. The molecule has 0 amide bonds. The van der Waals surface area contributed by atoms with Crippen LogP contribution in [0.2, 0.25) is 0 Å². The molecule has 0 saturated carbocycles. The maximum absolute atomic E-state index is 9.67. The summed E-state index contributed by atoms with van der Waals surface area (Å²) in [6, 6.07) is 20.8. The molecule has 2 aromatic rings. The Morgan fingerprint density at radius 1 is 0.895 bits per heavy atom. The zero-order valence-electron chi connectivity index (χ0n) is 22.6. The minimum absolute atomic E-state index is 0. The number of nitriles is 1. The van der Waals surface area contributed by atoms with Crippen LogP contribution >= 0.6 is 0 Å². The molecule has 198 valence electrons. The molecule has 2 heterocycles. The minimum Gasteiger partial charge on any atom is -0.499 e. The molecule has 38 heavy (non-hydrogen) atoms. The van der Waals surface area contributed by atoms with Gasteiger partial charge in [0.05, 0.1) is 6.73 Å². The Morgan fingerprint density at radius 2 is 1.39 bits per heavy atom. The quantitative estimate of drug-likeness (QED) is 0.344. The molecular weight excluding hydrogens is 655 g/mol. The number of hydrogen-bond acceptors (Lipinski definition) is 6. The van der Waals surface area contributed by atoms with Crippen LogP contribution < -0.4 is 9.80 Å². The first-order valence-corrected chi connectivity index (χ1v) is 12.1. The Labute approximate surface area is 241 Å². The zero-order chi connectivity index (χ0) is 26.8. The molecule has 0 spiro atoms. The molecule has 0 radical (unpaired) electrons. The second kappa shape index (κ2) is 11.6. The summed E-state index contributed by atoms with van der Waals surface area (Å²) in [5.41, 5.74) is 4.59. The SMILES string of the molecule is [C-]#[N+]C1=CN(c2[c-]ccc(C(C)(C)C)c2)[CH-]N1COCN1[CH-]N(c2[c-]ccc(C(C)(C)C)c2)C=C1C#N.[Pt+4]. The van der Waals surface area contributed by atoms with Gasteiger partial charge in [-0.2, -0.15) is 52.8 Å². The number of allylic oxidation sites excluding steroid dienone is 1. The maximum Gasteiger partial charge on any atom is 4.00 e. The molecule has 2 aliphatic rings. The van der Waals surface area contributed by atoms with Crippen molar-refractivity contribution < 1.29 is 25.8 Å². The number of hydrogen-bond donors (Lipinski definition) is 0. The van der Waals surface area contributed by atoms with Crippen LogP contribution in [0, 0.1) is 43.4 Å². The van der Waals surface area contributed by atoms with E-state index in [1.165, 1.54) is 11.1 Å². The summed E-state index contributed by atoms with van der Waals surface area (Å²) in [4.78, 5) is 10.9. The van der Waals surface area contributed by atoms with Crippen molar-refractivity contribution in [3.05, 3.63) is 108 Å². The van der Waals surface area contributed by atoms with E-state index in [0.717, 1.165) is 11.4 Å². The molecule has 8 heteroatoms. The summed E-state index contributed by atoms with van der Waals surface area (Å²) in [5, 5.41) is 9.67. The summed E-state index contributed by atoms with van der Waals surface area (Å²) >= 11 is 0. The van der Waals surface area contributed by atoms with Crippen molar-refractivity contribution >= 4 is 11.4 Å². The molecule has 0 bridgehead atoms. The van der Waals surface area contributed by atoms with Gasteiger partial charge in [-0.05, 0) is 17.0 Å². The molecule has 2 aromatic carbocycles. The van der Waals surface area contributed by atoms with Crippen LogP contribution in [0.25, 0.3) is 4.85 Å². The molecule has 2 aliphatic heterocycles. The summed E-state index contributed by atoms with van der Waals surface area (Å²) in [7, 11) is 0. The second-order valence-electron chi connectivity index (χ2n) is 11.1. The monoisotopic (exact) mass is 687 g/mol. The number of benzene rings is 2. The molecule has 0 aromatic heterocycles. The molecular formula is C30H32N6OPt. The largest absolute Gasteiger partial charge is 4.00 e. The van der Waals surface area contributed by atoms with E-state index < -0.39 is 0 Å². The van der Waals surface area contributed by atoms with Gasteiger partial charge in [0.25, 0.3) is 0 Å². The Kier molecular flexibility index (Phi) is 8.98. The standard InChI is InChI=1S/C30H32N6O.Pt/c1-29(2,3)23-10-8-12-25(14-23)33-17-27(16-31)35(19-33)21-37-22-36-20-34(18-28(36)32-7)26-13-9-11-24(15-26)30(4,5)6;/h8-11,14-15,17-20H,21-22H2,1-6H3;/q-4;+4. The van der Waals surface area contributed by atoms with Crippen LogP contribution in [0.3, 0.4) is 0 Å². The first kappa shape index (κ1) is 29.3. The number of rotatable bonds is 6. The molecule has 0 saturated heterocycles. The van der Waals surface area contributed by atoms with Gasteiger partial charge in [0.2, 0.25) is 5.82 Å². The predicted octanol–water partition coefficient (Wildman–Crippen LogP) is 6.08. The van der Waals surface area contributed by atoms with E-state index in [0.29, 0.717) is 11.5 Å². The third-order valence-corrected chi connectivity index (χ3v) is 6.20. The Bertz CT molecular complexity index is 1190. The van der Waals surface area contributed by atoms with Gasteiger partial charge in [0.15, 0.2) is 0 Å². The summed E-state index contributed by atoms with van der Waals surface area (Å²) < 4.78 is 5.93. The molecule has 0 N–H and O–H groups in total. The molecule has 0 atom stereocenters. The topological polar surface area (TPSA) is 50.3 Å². The van der Waals surface area contributed by atoms with Gasteiger partial charge in [0, 0.05) is 6.20 Å². The van der Waals surface area contributed by atoms with Gasteiger partial charge >= 0.3 is 21.1 Å². The van der Waals surface area contributed by atoms with Crippen LogP contribution in [0.5, 0.6) is 0 Å². The van der Waals surface area contributed by atoms with Gasteiger partial charge in [-0.3, -0.25) is 0 Å². The van der Waals surface area contributed by atoms with Gasteiger partial charge in [0.1, 0.15) is 18.5 Å². The van der Waals surface area contributed by atoms with E-state index >= 15 is 0 Å². The van der Waals surface area contributed by atoms with Crippen LogP contribution in [-0.2, 0) is 36.6 Å². The van der Waals surface area contributed by atoms with Crippen LogP contribution in [0.15, 0.2) is 60.3 Å². The van der Waals surface area contributed by atoms with E-state index in [9.17, 15) is 5.26 Å². The van der Waals surface area contributed by atoms with E-state index in [4.69, 9.17) is 11.3 Å². The van der Waals surface area contributed by atoms with Gasteiger partial charge in [-0.25, -0.2) is 0 Å². The zero-order valence-corrected chi connectivity index (χ0v) is 24.9. The van der Waals surface area contributed by atoms with Gasteiger partial charge in [-0.1, -0.05) is 54.8 Å². The summed E-state index contributed by atoms with van der Waals surface area (Å²) in [6.07, 6.45) is 3.55. The fraction of sp³-hybridized carbons (Fsp3) is 0.333. The Morgan fingerprint density at radius 3 is 1.89 bits per heavy atom. The predicted molar refractivity (Wildman–Crippen MR) is 144 cm³/mol. The van der Waals surface area contributed by atoms with Crippen molar-refractivity contribution in [3.63, 3.8) is 0 Å². The summed E-state index contributed by atoms with van der Waals surface area (Å²) in [6.45, 7) is 24.6. The van der Waals surface area contributed by atoms with Crippen molar-refractivity contribution in [2.45, 2.75) is 52.4 Å². The number of nitrogens with zero attached hydrogens (tertiary/aromatic N) is 6. The van der Waals surface area contributed by atoms with Crippen molar-refractivity contribution in [1.82, 2.24) is 9.80 Å². The molecule has 7 nitrogen and oxygen atoms in total.